The Morgan fingerprint density at radius 3 is 2.69 bits per heavy atom. The molecule has 0 aliphatic carbocycles. The zero-order valence-electron chi connectivity index (χ0n) is 14.7. The minimum Gasteiger partial charge on any atom is -0.360 e. The molecule has 3 rings (SSSR count). The Morgan fingerprint density at radius 2 is 2.04 bits per heavy atom. The maximum absolute atomic E-state index is 13.6. The number of aryl methyl sites for hydroxylation is 2. The molecule has 26 heavy (non-hydrogen) atoms. The number of rotatable bonds is 5. The predicted octanol–water partition coefficient (Wildman–Crippen LogP) is 2.93. The number of hydrogen-bond donors (Lipinski definition) is 1. The second kappa shape index (κ2) is 8.12. The fourth-order valence-electron chi connectivity index (χ4n) is 3.15. The van der Waals surface area contributed by atoms with Crippen molar-refractivity contribution < 1.29 is 18.5 Å². The first-order valence-corrected chi connectivity index (χ1v) is 8.78. The lowest BCUT2D eigenvalue weighted by Gasteiger charge is -2.31. The van der Waals surface area contributed by atoms with E-state index in [1.807, 2.05) is 0 Å². The molecule has 7 heteroatoms. The van der Waals surface area contributed by atoms with Gasteiger partial charge in [0.2, 0.25) is 11.8 Å². The number of benzene rings is 1. The third-order valence-electron chi connectivity index (χ3n) is 4.66. The highest BCUT2D eigenvalue weighted by molar-refractivity contribution is 5.91. The number of piperidine rings is 1. The average Bonchev–Trinajstić information content (AvgIpc) is 3.05. The van der Waals surface area contributed by atoms with Crippen LogP contribution in [0.3, 0.4) is 0 Å². The molecular formula is C19H22FN3O3. The highest BCUT2D eigenvalue weighted by atomic mass is 19.1. The van der Waals surface area contributed by atoms with Gasteiger partial charge in [0.25, 0.3) is 0 Å². The molecule has 2 heterocycles. The summed E-state index contributed by atoms with van der Waals surface area (Å²) in [7, 11) is 0. The standard InChI is InChI=1S/C19H22FN3O3/c1-13-12-17(22-26-13)21-19(25)15-8-10-23(11-9-15)18(24)7-6-14-4-2-3-5-16(14)20/h2-5,12,15H,6-11H2,1H3,(H,21,22,25). The molecule has 6 nitrogen and oxygen atoms in total. The summed E-state index contributed by atoms with van der Waals surface area (Å²) >= 11 is 0. The molecule has 1 aliphatic rings. The SMILES string of the molecule is Cc1cc(NC(=O)C2CCN(C(=O)CCc3ccccc3F)CC2)no1. The second-order valence-corrected chi connectivity index (χ2v) is 6.56. The van der Waals surface area contributed by atoms with E-state index < -0.39 is 0 Å². The van der Waals surface area contributed by atoms with Crippen LogP contribution in [0.4, 0.5) is 10.2 Å². The third-order valence-corrected chi connectivity index (χ3v) is 4.66. The van der Waals surface area contributed by atoms with Gasteiger partial charge in [0.05, 0.1) is 0 Å². The molecule has 0 bridgehead atoms. The third kappa shape index (κ3) is 4.47. The van der Waals surface area contributed by atoms with Crippen molar-refractivity contribution in [2.24, 2.45) is 5.92 Å². The molecule has 0 atom stereocenters. The van der Waals surface area contributed by atoms with E-state index in [2.05, 4.69) is 10.5 Å². The molecule has 2 amide bonds. The Kier molecular flexibility index (Phi) is 5.65. The van der Waals surface area contributed by atoms with Gasteiger partial charge in [-0.15, -0.1) is 0 Å². The van der Waals surface area contributed by atoms with E-state index in [4.69, 9.17) is 4.52 Å². The minimum atomic E-state index is -0.279. The number of carbonyl (C=O) groups excluding carboxylic acids is 2. The van der Waals surface area contributed by atoms with Crippen molar-refractivity contribution in [2.75, 3.05) is 18.4 Å². The lowest BCUT2D eigenvalue weighted by atomic mass is 9.95. The quantitative estimate of drug-likeness (QED) is 0.891. The minimum absolute atomic E-state index is 0.000706. The molecular weight excluding hydrogens is 337 g/mol. The molecule has 138 valence electrons. The molecule has 0 unspecified atom stereocenters. The molecule has 0 saturated carbocycles. The molecule has 1 fully saturated rings. The van der Waals surface area contributed by atoms with Gasteiger partial charge in [-0.25, -0.2) is 4.39 Å². The largest absolute Gasteiger partial charge is 0.360 e. The van der Waals surface area contributed by atoms with Gasteiger partial charge in [0.1, 0.15) is 11.6 Å². The summed E-state index contributed by atoms with van der Waals surface area (Å²) in [5, 5.41) is 6.49. The van der Waals surface area contributed by atoms with Crippen LogP contribution in [-0.4, -0.2) is 35.0 Å². The van der Waals surface area contributed by atoms with Gasteiger partial charge >= 0.3 is 0 Å². The summed E-state index contributed by atoms with van der Waals surface area (Å²) in [4.78, 5) is 26.4. The monoisotopic (exact) mass is 359 g/mol. The van der Waals surface area contributed by atoms with Crippen molar-refractivity contribution in [1.82, 2.24) is 10.1 Å². The summed E-state index contributed by atoms with van der Waals surface area (Å²) in [6.45, 7) is 2.83. The first kappa shape index (κ1) is 18.1. The predicted molar refractivity (Wildman–Crippen MR) is 93.9 cm³/mol. The molecule has 0 radical (unpaired) electrons. The number of nitrogens with zero attached hydrogens (tertiary/aromatic N) is 2. The first-order valence-electron chi connectivity index (χ1n) is 8.78. The van der Waals surface area contributed by atoms with Crippen molar-refractivity contribution in [1.29, 1.82) is 0 Å². The molecule has 1 saturated heterocycles. The number of hydrogen-bond acceptors (Lipinski definition) is 4. The number of carbonyl (C=O) groups is 2. The Labute approximate surface area is 151 Å². The Bertz CT molecular complexity index is 782. The van der Waals surface area contributed by atoms with Gasteiger partial charge in [0, 0.05) is 31.5 Å². The van der Waals surface area contributed by atoms with Crippen LogP contribution in [0.25, 0.3) is 0 Å². The summed E-state index contributed by atoms with van der Waals surface area (Å²) in [6.07, 6.45) is 1.87. The number of anilines is 1. The molecule has 0 spiro atoms. The topological polar surface area (TPSA) is 75.4 Å². The maximum Gasteiger partial charge on any atom is 0.228 e. The summed E-state index contributed by atoms with van der Waals surface area (Å²) < 4.78 is 18.6. The number of nitrogens with one attached hydrogen (secondary N) is 1. The van der Waals surface area contributed by atoms with Crippen LogP contribution < -0.4 is 5.32 Å². The van der Waals surface area contributed by atoms with Crippen LogP contribution in [0.1, 0.15) is 30.6 Å². The summed E-state index contributed by atoms with van der Waals surface area (Å²) in [5.74, 6) is 0.517. The zero-order chi connectivity index (χ0) is 18.5. The lowest BCUT2D eigenvalue weighted by molar-refractivity contribution is -0.134. The number of aromatic nitrogens is 1. The Balaban J connectivity index is 1.44. The number of halogens is 1. The van der Waals surface area contributed by atoms with Gasteiger partial charge in [-0.3, -0.25) is 9.59 Å². The first-order chi connectivity index (χ1) is 12.5. The van der Waals surface area contributed by atoms with Gasteiger partial charge in [-0.2, -0.15) is 0 Å². The summed E-state index contributed by atoms with van der Waals surface area (Å²) in [6, 6.07) is 8.17. The second-order valence-electron chi connectivity index (χ2n) is 6.56. The van der Waals surface area contributed by atoms with Crippen LogP contribution in [0.5, 0.6) is 0 Å². The molecule has 2 aromatic rings. The van der Waals surface area contributed by atoms with Crippen LogP contribution in [0, 0.1) is 18.7 Å². The van der Waals surface area contributed by atoms with Crippen molar-refractivity contribution in [2.45, 2.75) is 32.6 Å². The highest BCUT2D eigenvalue weighted by Gasteiger charge is 2.27. The van der Waals surface area contributed by atoms with Gasteiger partial charge < -0.3 is 14.7 Å². The van der Waals surface area contributed by atoms with Gasteiger partial charge in [-0.05, 0) is 37.8 Å². The van der Waals surface area contributed by atoms with Gasteiger partial charge in [0.15, 0.2) is 5.82 Å². The molecule has 1 aliphatic heterocycles. The molecule has 1 N–H and O–H groups in total. The van der Waals surface area contributed by atoms with E-state index in [1.54, 1.807) is 36.1 Å². The lowest BCUT2D eigenvalue weighted by Crippen LogP contribution is -2.41. The van der Waals surface area contributed by atoms with E-state index in [0.717, 1.165) is 0 Å². The van der Waals surface area contributed by atoms with Crippen molar-refractivity contribution >= 4 is 17.6 Å². The zero-order valence-corrected chi connectivity index (χ0v) is 14.7. The highest BCUT2D eigenvalue weighted by Crippen LogP contribution is 2.20. The van der Waals surface area contributed by atoms with Crippen molar-refractivity contribution in [3.8, 4) is 0 Å². The van der Waals surface area contributed by atoms with Gasteiger partial charge in [-0.1, -0.05) is 23.4 Å². The van der Waals surface area contributed by atoms with E-state index >= 15 is 0 Å². The van der Waals surface area contributed by atoms with Crippen LogP contribution in [0.2, 0.25) is 0 Å². The van der Waals surface area contributed by atoms with Crippen molar-refractivity contribution in [3.05, 3.63) is 47.5 Å². The fraction of sp³-hybridized carbons (Fsp3) is 0.421. The Morgan fingerprint density at radius 1 is 1.31 bits per heavy atom. The van der Waals surface area contributed by atoms with Crippen molar-refractivity contribution in [3.63, 3.8) is 0 Å². The number of likely N-dealkylation sites (tertiary alicyclic amines) is 1. The Hall–Kier alpha value is -2.70. The van der Waals surface area contributed by atoms with E-state index in [9.17, 15) is 14.0 Å². The fourth-order valence-corrected chi connectivity index (χ4v) is 3.15. The van der Waals surface area contributed by atoms with E-state index in [1.165, 1.54) is 6.07 Å². The molecule has 1 aromatic heterocycles. The van der Waals surface area contributed by atoms with Crippen LogP contribution in [0.15, 0.2) is 34.9 Å². The number of amides is 2. The molecule has 1 aromatic carbocycles. The van der Waals surface area contributed by atoms with E-state index in [0.29, 0.717) is 49.5 Å². The summed E-state index contributed by atoms with van der Waals surface area (Å²) in [5.41, 5.74) is 0.554. The van der Waals surface area contributed by atoms with Crippen LogP contribution >= 0.6 is 0 Å². The average molecular weight is 359 g/mol. The normalized spacial score (nSPS) is 15.1. The smallest absolute Gasteiger partial charge is 0.228 e. The van der Waals surface area contributed by atoms with Crippen LogP contribution in [-0.2, 0) is 16.0 Å². The maximum atomic E-state index is 13.6. The van der Waals surface area contributed by atoms with E-state index in [-0.39, 0.29) is 30.0 Å².